The number of aryl methyl sites for hydroxylation is 1. The Morgan fingerprint density at radius 3 is 2.46 bits per heavy atom. The van der Waals surface area contributed by atoms with Crippen molar-refractivity contribution in [3.63, 3.8) is 0 Å². The summed E-state index contributed by atoms with van der Waals surface area (Å²) in [5.74, 6) is 0.972. The van der Waals surface area contributed by atoms with Crippen molar-refractivity contribution in [3.8, 4) is 5.75 Å². The van der Waals surface area contributed by atoms with Gasteiger partial charge in [0.1, 0.15) is 5.75 Å². The van der Waals surface area contributed by atoms with Gasteiger partial charge in [0.25, 0.3) is 0 Å². The Balaban J connectivity index is 2.48. The van der Waals surface area contributed by atoms with E-state index in [-0.39, 0.29) is 0 Å². The van der Waals surface area contributed by atoms with Gasteiger partial charge in [0.2, 0.25) is 0 Å². The predicted octanol–water partition coefficient (Wildman–Crippen LogP) is 3.41. The van der Waals surface area contributed by atoms with Crippen molar-refractivity contribution in [1.29, 1.82) is 0 Å². The summed E-state index contributed by atoms with van der Waals surface area (Å²) in [5.41, 5.74) is 1.35. The molecule has 0 aromatic heterocycles. The minimum Gasteiger partial charge on any atom is -0.494 e. The van der Waals surface area contributed by atoms with Crippen LogP contribution in [0.2, 0.25) is 0 Å². The third-order valence-corrected chi connectivity index (χ3v) is 2.18. The Hall–Kier alpha value is -0.500. The molecule has 72 valence electrons. The topological polar surface area (TPSA) is 9.23 Å². The molecule has 1 nitrogen and oxygen atoms in total. The molecule has 0 bridgehead atoms. The monoisotopic (exact) mass is 242 g/mol. The van der Waals surface area contributed by atoms with E-state index in [1.165, 1.54) is 5.56 Å². The molecule has 1 aromatic carbocycles. The Bertz CT molecular complexity index is 230. The van der Waals surface area contributed by atoms with Gasteiger partial charge in [0.05, 0.1) is 6.61 Å². The van der Waals surface area contributed by atoms with Gasteiger partial charge in [0, 0.05) is 5.33 Å². The van der Waals surface area contributed by atoms with Gasteiger partial charge in [0.15, 0.2) is 0 Å². The van der Waals surface area contributed by atoms with Gasteiger partial charge in [-0.3, -0.25) is 0 Å². The normalized spacial score (nSPS) is 10.0. The van der Waals surface area contributed by atoms with Crippen molar-refractivity contribution in [2.24, 2.45) is 0 Å². The molecule has 0 saturated carbocycles. The van der Waals surface area contributed by atoms with Crippen LogP contribution in [-0.4, -0.2) is 11.9 Å². The van der Waals surface area contributed by atoms with Gasteiger partial charge < -0.3 is 4.74 Å². The first-order valence-electron chi connectivity index (χ1n) is 4.64. The molecule has 0 amide bonds. The molecule has 0 aliphatic rings. The standard InChI is InChI=1S/C11H15BrO/c1-2-9-13-11-5-3-10(4-6-11)7-8-12/h3-6H,2,7-9H2,1H3. The molecule has 0 fully saturated rings. The summed E-state index contributed by atoms with van der Waals surface area (Å²) >= 11 is 3.42. The lowest BCUT2D eigenvalue weighted by atomic mass is 10.2. The fourth-order valence-electron chi connectivity index (χ4n) is 1.08. The summed E-state index contributed by atoms with van der Waals surface area (Å²) in [7, 11) is 0. The number of alkyl halides is 1. The van der Waals surface area contributed by atoms with Crippen LogP contribution >= 0.6 is 15.9 Å². The van der Waals surface area contributed by atoms with Gasteiger partial charge in [-0.05, 0) is 30.5 Å². The second-order valence-corrected chi connectivity index (χ2v) is 3.72. The maximum absolute atomic E-state index is 5.48. The van der Waals surface area contributed by atoms with Crippen molar-refractivity contribution >= 4 is 15.9 Å². The van der Waals surface area contributed by atoms with Crippen LogP contribution in [0, 0.1) is 0 Å². The fourth-order valence-corrected chi connectivity index (χ4v) is 1.54. The van der Waals surface area contributed by atoms with Gasteiger partial charge >= 0.3 is 0 Å². The van der Waals surface area contributed by atoms with Gasteiger partial charge in [-0.2, -0.15) is 0 Å². The zero-order chi connectivity index (χ0) is 9.52. The molecule has 0 radical (unpaired) electrons. The molecule has 0 aliphatic heterocycles. The Morgan fingerprint density at radius 2 is 1.92 bits per heavy atom. The number of benzene rings is 1. The summed E-state index contributed by atoms with van der Waals surface area (Å²) in [6.45, 7) is 2.91. The molecule has 13 heavy (non-hydrogen) atoms. The van der Waals surface area contributed by atoms with Gasteiger partial charge in [-0.1, -0.05) is 35.0 Å². The zero-order valence-corrected chi connectivity index (χ0v) is 9.51. The lowest BCUT2D eigenvalue weighted by Crippen LogP contribution is -1.95. The van der Waals surface area contributed by atoms with Gasteiger partial charge in [-0.15, -0.1) is 0 Å². The van der Waals surface area contributed by atoms with Crippen LogP contribution in [-0.2, 0) is 6.42 Å². The van der Waals surface area contributed by atoms with Crippen LogP contribution < -0.4 is 4.74 Å². The van der Waals surface area contributed by atoms with Crippen LogP contribution in [0.5, 0.6) is 5.75 Å². The first-order valence-corrected chi connectivity index (χ1v) is 5.76. The highest BCUT2D eigenvalue weighted by Gasteiger charge is 1.93. The van der Waals surface area contributed by atoms with Crippen LogP contribution in [0.3, 0.4) is 0 Å². The molecular weight excluding hydrogens is 228 g/mol. The Kier molecular flexibility index (Phi) is 4.91. The maximum atomic E-state index is 5.48. The van der Waals surface area contributed by atoms with E-state index in [4.69, 9.17) is 4.74 Å². The average Bonchev–Trinajstić information content (AvgIpc) is 2.17. The second kappa shape index (κ2) is 6.03. The Labute approximate surface area is 88.2 Å². The van der Waals surface area contributed by atoms with E-state index in [9.17, 15) is 0 Å². The van der Waals surface area contributed by atoms with Crippen molar-refractivity contribution in [2.75, 3.05) is 11.9 Å². The van der Waals surface area contributed by atoms with Crippen molar-refractivity contribution in [1.82, 2.24) is 0 Å². The molecule has 0 saturated heterocycles. The number of ether oxygens (including phenoxy) is 1. The third kappa shape index (κ3) is 3.81. The average molecular weight is 243 g/mol. The van der Waals surface area contributed by atoms with Crippen LogP contribution in [0.15, 0.2) is 24.3 Å². The molecule has 0 N–H and O–H groups in total. The highest BCUT2D eigenvalue weighted by Crippen LogP contribution is 2.13. The largest absolute Gasteiger partial charge is 0.494 e. The van der Waals surface area contributed by atoms with E-state index in [1.54, 1.807) is 0 Å². The number of hydrogen-bond donors (Lipinski definition) is 0. The first kappa shape index (κ1) is 10.6. The SMILES string of the molecule is CCCOc1ccc(CCBr)cc1. The molecule has 0 aliphatic carbocycles. The zero-order valence-electron chi connectivity index (χ0n) is 7.92. The molecule has 0 heterocycles. The van der Waals surface area contributed by atoms with Crippen LogP contribution in [0.25, 0.3) is 0 Å². The molecule has 0 spiro atoms. The lowest BCUT2D eigenvalue weighted by molar-refractivity contribution is 0.317. The summed E-state index contributed by atoms with van der Waals surface area (Å²) in [6.07, 6.45) is 2.14. The molecule has 1 aromatic rings. The minimum atomic E-state index is 0.803. The summed E-state index contributed by atoms with van der Waals surface area (Å²) < 4.78 is 5.48. The number of halogens is 1. The van der Waals surface area contributed by atoms with E-state index in [2.05, 4.69) is 35.0 Å². The van der Waals surface area contributed by atoms with E-state index in [1.807, 2.05) is 12.1 Å². The van der Waals surface area contributed by atoms with Crippen molar-refractivity contribution < 1.29 is 4.74 Å². The maximum Gasteiger partial charge on any atom is 0.119 e. The number of hydrogen-bond acceptors (Lipinski definition) is 1. The first-order chi connectivity index (χ1) is 6.36. The quantitative estimate of drug-likeness (QED) is 0.720. The summed E-state index contributed by atoms with van der Waals surface area (Å²) in [4.78, 5) is 0. The smallest absolute Gasteiger partial charge is 0.119 e. The van der Waals surface area contributed by atoms with Crippen molar-refractivity contribution in [3.05, 3.63) is 29.8 Å². The van der Waals surface area contributed by atoms with E-state index >= 15 is 0 Å². The minimum absolute atomic E-state index is 0.803. The van der Waals surface area contributed by atoms with E-state index in [0.29, 0.717) is 0 Å². The van der Waals surface area contributed by atoms with E-state index < -0.39 is 0 Å². The Morgan fingerprint density at radius 1 is 1.23 bits per heavy atom. The van der Waals surface area contributed by atoms with Crippen molar-refractivity contribution in [2.45, 2.75) is 19.8 Å². The van der Waals surface area contributed by atoms with Crippen LogP contribution in [0.4, 0.5) is 0 Å². The summed E-state index contributed by atoms with van der Waals surface area (Å²) in [5, 5.41) is 1.02. The molecule has 2 heteroatoms. The third-order valence-electron chi connectivity index (χ3n) is 1.78. The lowest BCUT2D eigenvalue weighted by Gasteiger charge is -2.04. The molecule has 1 rings (SSSR count). The predicted molar refractivity (Wildman–Crippen MR) is 59.7 cm³/mol. The fraction of sp³-hybridized carbons (Fsp3) is 0.455. The summed E-state index contributed by atoms with van der Waals surface area (Å²) in [6, 6.07) is 8.31. The highest BCUT2D eigenvalue weighted by molar-refractivity contribution is 9.09. The molecule has 0 unspecified atom stereocenters. The number of rotatable bonds is 5. The second-order valence-electron chi connectivity index (χ2n) is 2.93. The van der Waals surface area contributed by atoms with Gasteiger partial charge in [-0.25, -0.2) is 0 Å². The van der Waals surface area contributed by atoms with Crippen LogP contribution in [0.1, 0.15) is 18.9 Å². The van der Waals surface area contributed by atoms with E-state index in [0.717, 1.165) is 30.5 Å². The molecular formula is C11H15BrO. The highest BCUT2D eigenvalue weighted by atomic mass is 79.9. The molecule has 0 atom stereocenters.